The molecule has 0 saturated heterocycles. The third-order valence-electron chi connectivity index (χ3n) is 4.44. The number of fused-ring (bicyclic) bond motifs is 1. The summed E-state index contributed by atoms with van der Waals surface area (Å²) in [4.78, 5) is 19.5. The number of hydrogen-bond acceptors (Lipinski definition) is 6. The average molecular weight is 337 g/mol. The van der Waals surface area contributed by atoms with Gasteiger partial charge < -0.3 is 14.8 Å². The summed E-state index contributed by atoms with van der Waals surface area (Å²) in [5, 5.41) is 11.6. The molecule has 3 aromatic rings. The zero-order valence-electron chi connectivity index (χ0n) is 14.1. The smallest absolute Gasteiger partial charge is 0.180 e. The number of aromatic amines is 1. The fourth-order valence-corrected chi connectivity index (χ4v) is 3.03. The van der Waals surface area contributed by atoms with Crippen LogP contribution in [0.15, 0.2) is 24.4 Å². The molecule has 1 unspecified atom stereocenters. The first kappa shape index (κ1) is 15.6. The Morgan fingerprint density at radius 2 is 2.28 bits per heavy atom. The Morgan fingerprint density at radius 3 is 3.04 bits per heavy atom. The van der Waals surface area contributed by atoms with Crippen molar-refractivity contribution in [2.24, 2.45) is 5.92 Å². The standard InChI is InChI=1S/C18H19N5O2/c1-3-25-16-8-19-10(2)20-18(16)21-17-13-5-4-11(7-15(13)22-23-17)14-6-12(14)9-24/h4-5,7-9,12,14H,3,6H2,1-2H3,(H2,19,20,21,22,23)/t12?,14-/m0/s1. The van der Waals surface area contributed by atoms with Crippen LogP contribution >= 0.6 is 0 Å². The van der Waals surface area contributed by atoms with Crippen LogP contribution in [0.4, 0.5) is 11.6 Å². The summed E-state index contributed by atoms with van der Waals surface area (Å²) in [5.41, 5.74) is 2.10. The van der Waals surface area contributed by atoms with Gasteiger partial charge in [-0.2, -0.15) is 5.10 Å². The molecule has 7 nitrogen and oxygen atoms in total. The van der Waals surface area contributed by atoms with Crippen molar-refractivity contribution < 1.29 is 9.53 Å². The molecule has 2 aromatic heterocycles. The van der Waals surface area contributed by atoms with E-state index in [0.29, 0.717) is 35.7 Å². The zero-order valence-corrected chi connectivity index (χ0v) is 14.1. The molecule has 0 amide bonds. The van der Waals surface area contributed by atoms with Crippen LogP contribution in [0.1, 0.15) is 30.7 Å². The predicted molar refractivity (Wildman–Crippen MR) is 94.2 cm³/mol. The molecule has 0 radical (unpaired) electrons. The van der Waals surface area contributed by atoms with Crippen LogP contribution in [0.3, 0.4) is 0 Å². The molecule has 2 N–H and O–H groups in total. The quantitative estimate of drug-likeness (QED) is 0.671. The SMILES string of the molecule is CCOc1cnc(C)nc1Nc1n[nH]c2cc([C@@H]3CC3C=O)ccc12. The maximum absolute atomic E-state index is 10.9. The number of carbonyl (C=O) groups is 1. The van der Waals surface area contributed by atoms with Gasteiger partial charge in [-0.3, -0.25) is 5.10 Å². The normalized spacial score (nSPS) is 19.0. The molecule has 0 spiro atoms. The van der Waals surface area contributed by atoms with Crippen molar-refractivity contribution >= 4 is 28.8 Å². The van der Waals surface area contributed by atoms with Gasteiger partial charge in [0, 0.05) is 11.3 Å². The number of aryl methyl sites for hydroxylation is 1. The predicted octanol–water partition coefficient (Wildman–Crippen LogP) is 3.11. The topological polar surface area (TPSA) is 92.8 Å². The molecule has 1 aliphatic rings. The van der Waals surface area contributed by atoms with Crippen molar-refractivity contribution in [2.45, 2.75) is 26.2 Å². The monoisotopic (exact) mass is 337 g/mol. The van der Waals surface area contributed by atoms with Gasteiger partial charge >= 0.3 is 0 Å². The summed E-state index contributed by atoms with van der Waals surface area (Å²) in [6.07, 6.45) is 3.64. The Bertz CT molecular complexity index is 936. The van der Waals surface area contributed by atoms with E-state index in [0.717, 1.165) is 23.6 Å². The highest BCUT2D eigenvalue weighted by molar-refractivity contribution is 5.92. The van der Waals surface area contributed by atoms with Gasteiger partial charge in [-0.25, -0.2) is 9.97 Å². The van der Waals surface area contributed by atoms with Crippen LogP contribution in [0.25, 0.3) is 10.9 Å². The first-order chi connectivity index (χ1) is 12.2. The number of benzene rings is 1. The molecular formula is C18H19N5O2. The lowest BCUT2D eigenvalue weighted by atomic mass is 10.1. The summed E-state index contributed by atoms with van der Waals surface area (Å²) in [6.45, 7) is 4.28. The molecule has 0 bridgehead atoms. The molecule has 1 aliphatic carbocycles. The van der Waals surface area contributed by atoms with E-state index in [9.17, 15) is 4.79 Å². The maximum atomic E-state index is 10.9. The number of ether oxygens (including phenoxy) is 1. The summed E-state index contributed by atoms with van der Waals surface area (Å²) in [5.74, 6) is 3.03. The number of rotatable bonds is 6. The summed E-state index contributed by atoms with van der Waals surface area (Å²) in [6, 6.07) is 6.15. The molecule has 1 saturated carbocycles. The Kier molecular flexibility index (Phi) is 3.83. The van der Waals surface area contributed by atoms with Gasteiger partial charge in [0.05, 0.1) is 18.3 Å². The van der Waals surface area contributed by atoms with Crippen molar-refractivity contribution in [3.8, 4) is 5.75 Å². The number of H-pyrrole nitrogens is 1. The Balaban J connectivity index is 1.64. The van der Waals surface area contributed by atoms with Gasteiger partial charge in [0.25, 0.3) is 0 Å². The molecule has 128 valence electrons. The van der Waals surface area contributed by atoms with E-state index in [1.54, 1.807) is 6.20 Å². The number of hydrogen-bond donors (Lipinski definition) is 2. The van der Waals surface area contributed by atoms with Crippen molar-refractivity contribution in [2.75, 3.05) is 11.9 Å². The number of aromatic nitrogens is 4. The lowest BCUT2D eigenvalue weighted by Crippen LogP contribution is -2.03. The van der Waals surface area contributed by atoms with Gasteiger partial charge in [-0.1, -0.05) is 6.07 Å². The number of nitrogens with one attached hydrogen (secondary N) is 2. The van der Waals surface area contributed by atoms with Crippen molar-refractivity contribution in [3.05, 3.63) is 35.8 Å². The minimum Gasteiger partial charge on any atom is -0.488 e. The minimum atomic E-state index is 0.163. The number of anilines is 2. The fourth-order valence-electron chi connectivity index (χ4n) is 3.03. The van der Waals surface area contributed by atoms with Crippen molar-refractivity contribution in [1.29, 1.82) is 0 Å². The van der Waals surface area contributed by atoms with Crippen LogP contribution in [0, 0.1) is 12.8 Å². The molecule has 1 aromatic carbocycles. The van der Waals surface area contributed by atoms with Gasteiger partial charge in [0.1, 0.15) is 12.1 Å². The van der Waals surface area contributed by atoms with Gasteiger partial charge in [-0.15, -0.1) is 0 Å². The van der Waals surface area contributed by atoms with Crippen LogP contribution in [-0.4, -0.2) is 33.1 Å². The van der Waals surface area contributed by atoms with Crippen molar-refractivity contribution in [1.82, 2.24) is 20.2 Å². The highest BCUT2D eigenvalue weighted by Gasteiger charge is 2.38. The van der Waals surface area contributed by atoms with E-state index >= 15 is 0 Å². The largest absolute Gasteiger partial charge is 0.488 e. The second-order valence-corrected chi connectivity index (χ2v) is 6.21. The molecule has 25 heavy (non-hydrogen) atoms. The molecule has 7 heteroatoms. The van der Waals surface area contributed by atoms with Gasteiger partial charge in [-0.05, 0) is 43.9 Å². The highest BCUT2D eigenvalue weighted by Crippen LogP contribution is 2.46. The summed E-state index contributed by atoms with van der Waals surface area (Å²) < 4.78 is 5.58. The van der Waals surface area contributed by atoms with E-state index in [2.05, 4.69) is 37.6 Å². The third kappa shape index (κ3) is 2.93. The van der Waals surface area contributed by atoms with E-state index < -0.39 is 0 Å². The molecule has 4 rings (SSSR count). The third-order valence-corrected chi connectivity index (χ3v) is 4.44. The van der Waals surface area contributed by atoms with E-state index in [1.165, 1.54) is 5.56 Å². The first-order valence-corrected chi connectivity index (χ1v) is 8.36. The highest BCUT2D eigenvalue weighted by atomic mass is 16.5. The van der Waals surface area contributed by atoms with Gasteiger partial charge in [0.15, 0.2) is 17.4 Å². The Morgan fingerprint density at radius 1 is 1.40 bits per heavy atom. The van der Waals surface area contributed by atoms with E-state index in [1.807, 2.05) is 19.9 Å². The molecular weight excluding hydrogens is 318 g/mol. The first-order valence-electron chi connectivity index (χ1n) is 8.36. The van der Waals surface area contributed by atoms with E-state index in [-0.39, 0.29) is 5.92 Å². The molecule has 2 heterocycles. The summed E-state index contributed by atoms with van der Waals surface area (Å²) in [7, 11) is 0. The second-order valence-electron chi connectivity index (χ2n) is 6.21. The maximum Gasteiger partial charge on any atom is 0.180 e. The minimum absolute atomic E-state index is 0.163. The Hall–Kier alpha value is -2.96. The number of aldehydes is 1. The lowest BCUT2D eigenvalue weighted by molar-refractivity contribution is -0.108. The summed E-state index contributed by atoms with van der Waals surface area (Å²) >= 11 is 0. The molecule has 1 fully saturated rings. The van der Waals surface area contributed by atoms with Crippen LogP contribution in [-0.2, 0) is 4.79 Å². The van der Waals surface area contributed by atoms with E-state index in [4.69, 9.17) is 4.74 Å². The second kappa shape index (κ2) is 6.16. The Labute approximate surface area is 144 Å². The zero-order chi connectivity index (χ0) is 17.4. The number of carbonyl (C=O) groups excluding carboxylic acids is 1. The molecule has 0 aliphatic heterocycles. The lowest BCUT2D eigenvalue weighted by Gasteiger charge is -2.10. The van der Waals surface area contributed by atoms with Gasteiger partial charge in [0.2, 0.25) is 0 Å². The number of nitrogens with zero attached hydrogens (tertiary/aromatic N) is 3. The average Bonchev–Trinajstić information content (AvgIpc) is 3.31. The fraction of sp³-hybridized carbons (Fsp3) is 0.333. The van der Waals surface area contributed by atoms with Crippen LogP contribution in [0.5, 0.6) is 5.75 Å². The van der Waals surface area contributed by atoms with Crippen molar-refractivity contribution in [3.63, 3.8) is 0 Å². The van der Waals surface area contributed by atoms with Crippen LogP contribution in [0.2, 0.25) is 0 Å². The molecule has 2 atom stereocenters. The van der Waals surface area contributed by atoms with Crippen LogP contribution < -0.4 is 10.1 Å².